The van der Waals surface area contributed by atoms with Crippen LogP contribution in [0.5, 0.6) is 0 Å². The minimum Gasteiger partial charge on any atom is -0.462 e. The first-order chi connectivity index (χ1) is 8.22. The van der Waals surface area contributed by atoms with E-state index in [1.807, 2.05) is 4.68 Å². The lowest BCUT2D eigenvalue weighted by atomic mass is 9.96. The van der Waals surface area contributed by atoms with E-state index in [-0.39, 0.29) is 11.8 Å². The van der Waals surface area contributed by atoms with Gasteiger partial charge in [0, 0.05) is 6.20 Å². The molecule has 1 aromatic rings. The number of rotatable bonds is 3. The zero-order valence-electron chi connectivity index (χ0n) is 10.2. The Morgan fingerprint density at radius 3 is 2.88 bits per heavy atom. The van der Waals surface area contributed by atoms with Gasteiger partial charge in [0.1, 0.15) is 5.56 Å². The Morgan fingerprint density at radius 2 is 2.24 bits per heavy atom. The molecule has 1 aromatic heterocycles. The summed E-state index contributed by atoms with van der Waals surface area (Å²) in [7, 11) is 0. The summed E-state index contributed by atoms with van der Waals surface area (Å²) in [6.07, 6.45) is 7.69. The van der Waals surface area contributed by atoms with Gasteiger partial charge in [0.2, 0.25) is 0 Å². The van der Waals surface area contributed by atoms with E-state index in [0.29, 0.717) is 18.2 Å². The summed E-state index contributed by atoms with van der Waals surface area (Å²) in [4.78, 5) is 11.6. The van der Waals surface area contributed by atoms with Crippen molar-refractivity contribution in [1.29, 1.82) is 0 Å². The molecule has 0 saturated heterocycles. The molecule has 17 heavy (non-hydrogen) atoms. The van der Waals surface area contributed by atoms with Gasteiger partial charge >= 0.3 is 5.97 Å². The molecule has 5 nitrogen and oxygen atoms in total. The average molecular weight is 237 g/mol. The molecular formula is C12H19N3O2. The van der Waals surface area contributed by atoms with E-state index in [1.165, 1.54) is 19.3 Å². The number of hydrogen-bond donors (Lipinski definition) is 1. The molecule has 1 heterocycles. The van der Waals surface area contributed by atoms with Crippen LogP contribution in [0.1, 0.15) is 55.4 Å². The quantitative estimate of drug-likeness (QED) is 0.818. The Morgan fingerprint density at radius 1 is 1.53 bits per heavy atom. The number of esters is 1. The molecular weight excluding hydrogens is 218 g/mol. The Labute approximate surface area is 101 Å². The number of carbonyl (C=O) groups is 1. The minimum absolute atomic E-state index is 0.272. The van der Waals surface area contributed by atoms with Crippen LogP contribution in [0.25, 0.3) is 0 Å². The van der Waals surface area contributed by atoms with E-state index in [9.17, 15) is 4.79 Å². The maximum atomic E-state index is 11.6. The number of nitrogens with two attached hydrogens (primary N) is 1. The van der Waals surface area contributed by atoms with Crippen molar-refractivity contribution in [3.63, 3.8) is 0 Å². The molecule has 0 aromatic carbocycles. The van der Waals surface area contributed by atoms with Gasteiger partial charge in [0.05, 0.1) is 12.6 Å². The number of nitrogens with zero attached hydrogens (tertiary/aromatic N) is 2. The van der Waals surface area contributed by atoms with Gasteiger partial charge in [-0.3, -0.25) is 4.68 Å². The fraction of sp³-hybridized carbons (Fsp3) is 0.667. The third-order valence-corrected chi connectivity index (χ3v) is 3.20. The van der Waals surface area contributed by atoms with Crippen molar-refractivity contribution in [2.45, 2.75) is 45.1 Å². The Balaban J connectivity index is 2.14. The van der Waals surface area contributed by atoms with Gasteiger partial charge in [-0.05, 0) is 19.8 Å². The molecule has 1 aliphatic rings. The largest absolute Gasteiger partial charge is 0.462 e. The molecule has 94 valence electrons. The van der Waals surface area contributed by atoms with Crippen LogP contribution in [-0.2, 0) is 4.74 Å². The molecule has 0 unspecified atom stereocenters. The topological polar surface area (TPSA) is 70.1 Å². The predicted octanol–water partition coefficient (Wildman–Crippen LogP) is 2.15. The van der Waals surface area contributed by atoms with Gasteiger partial charge in [0.15, 0.2) is 5.82 Å². The lowest BCUT2D eigenvalue weighted by molar-refractivity contribution is 0.0527. The van der Waals surface area contributed by atoms with Crippen LogP contribution < -0.4 is 5.73 Å². The highest BCUT2D eigenvalue weighted by Crippen LogP contribution is 2.28. The van der Waals surface area contributed by atoms with Crippen LogP contribution in [0.3, 0.4) is 0 Å². The molecule has 5 heteroatoms. The monoisotopic (exact) mass is 237 g/mol. The zero-order chi connectivity index (χ0) is 12.3. The number of ether oxygens (including phenoxy) is 1. The van der Waals surface area contributed by atoms with Crippen molar-refractivity contribution in [2.75, 3.05) is 12.3 Å². The second-order valence-corrected chi connectivity index (χ2v) is 4.42. The van der Waals surface area contributed by atoms with Crippen molar-refractivity contribution in [1.82, 2.24) is 9.78 Å². The first-order valence-electron chi connectivity index (χ1n) is 6.24. The third kappa shape index (κ3) is 2.60. The van der Waals surface area contributed by atoms with E-state index in [4.69, 9.17) is 10.5 Å². The third-order valence-electron chi connectivity index (χ3n) is 3.20. The van der Waals surface area contributed by atoms with E-state index >= 15 is 0 Å². The summed E-state index contributed by atoms with van der Waals surface area (Å²) < 4.78 is 6.77. The lowest BCUT2D eigenvalue weighted by Gasteiger charge is -2.21. The van der Waals surface area contributed by atoms with Crippen molar-refractivity contribution >= 4 is 11.8 Å². The van der Waals surface area contributed by atoms with E-state index in [2.05, 4.69) is 5.10 Å². The maximum Gasteiger partial charge on any atom is 0.343 e. The smallest absolute Gasteiger partial charge is 0.343 e. The van der Waals surface area contributed by atoms with Gasteiger partial charge in [0.25, 0.3) is 0 Å². The number of anilines is 1. The SMILES string of the molecule is CCOC(=O)c1cn(C2CCCCC2)nc1N. The number of carbonyl (C=O) groups excluding carboxylic acids is 1. The summed E-state index contributed by atoms with van der Waals surface area (Å²) in [6.45, 7) is 2.13. The summed E-state index contributed by atoms with van der Waals surface area (Å²) in [5.74, 6) is -0.110. The molecule has 1 saturated carbocycles. The standard InChI is InChI=1S/C12H19N3O2/c1-2-17-12(16)10-8-15(14-11(10)13)9-6-4-3-5-7-9/h8-9H,2-7H2,1H3,(H2,13,14). The molecule has 2 N–H and O–H groups in total. The highest BCUT2D eigenvalue weighted by Gasteiger charge is 2.21. The van der Waals surface area contributed by atoms with Gasteiger partial charge < -0.3 is 10.5 Å². The Bertz CT molecular complexity index is 394. The molecule has 1 aliphatic carbocycles. The van der Waals surface area contributed by atoms with Crippen LogP contribution in [0.4, 0.5) is 5.82 Å². The van der Waals surface area contributed by atoms with E-state index < -0.39 is 0 Å². The molecule has 0 atom stereocenters. The predicted molar refractivity (Wildman–Crippen MR) is 64.7 cm³/mol. The molecule has 0 aliphatic heterocycles. The normalized spacial score (nSPS) is 17.0. The summed E-state index contributed by atoms with van der Waals surface area (Å²) in [5, 5.41) is 4.23. The summed E-state index contributed by atoms with van der Waals surface area (Å²) in [6, 6.07) is 0.384. The highest BCUT2D eigenvalue weighted by molar-refractivity contribution is 5.93. The van der Waals surface area contributed by atoms with Crippen molar-refractivity contribution in [3.8, 4) is 0 Å². The molecule has 0 spiro atoms. The van der Waals surface area contributed by atoms with Crippen LogP contribution in [-0.4, -0.2) is 22.4 Å². The minimum atomic E-state index is -0.382. The molecule has 0 amide bonds. The highest BCUT2D eigenvalue weighted by atomic mass is 16.5. The molecule has 0 radical (unpaired) electrons. The fourth-order valence-electron chi connectivity index (χ4n) is 2.30. The second-order valence-electron chi connectivity index (χ2n) is 4.42. The molecule has 1 fully saturated rings. The van der Waals surface area contributed by atoms with Gasteiger partial charge in [-0.2, -0.15) is 5.10 Å². The molecule has 0 bridgehead atoms. The van der Waals surface area contributed by atoms with Crippen molar-refractivity contribution in [2.24, 2.45) is 0 Å². The van der Waals surface area contributed by atoms with Crippen LogP contribution in [0.2, 0.25) is 0 Å². The number of aromatic nitrogens is 2. The maximum absolute atomic E-state index is 11.6. The number of nitrogen functional groups attached to an aromatic ring is 1. The molecule has 2 rings (SSSR count). The summed E-state index contributed by atoms with van der Waals surface area (Å²) in [5.41, 5.74) is 6.13. The first-order valence-corrected chi connectivity index (χ1v) is 6.24. The van der Waals surface area contributed by atoms with Crippen LogP contribution in [0, 0.1) is 0 Å². The van der Waals surface area contributed by atoms with Crippen LogP contribution >= 0.6 is 0 Å². The van der Waals surface area contributed by atoms with Crippen molar-refractivity contribution in [3.05, 3.63) is 11.8 Å². The van der Waals surface area contributed by atoms with Gasteiger partial charge in [-0.25, -0.2) is 4.79 Å². The second kappa shape index (κ2) is 5.21. The van der Waals surface area contributed by atoms with Crippen LogP contribution in [0.15, 0.2) is 6.20 Å². The first kappa shape index (κ1) is 12.0. The Kier molecular flexibility index (Phi) is 3.66. The van der Waals surface area contributed by atoms with Gasteiger partial charge in [-0.15, -0.1) is 0 Å². The summed E-state index contributed by atoms with van der Waals surface area (Å²) >= 11 is 0. The lowest BCUT2D eigenvalue weighted by Crippen LogP contribution is -2.13. The zero-order valence-corrected chi connectivity index (χ0v) is 10.2. The van der Waals surface area contributed by atoms with Crippen molar-refractivity contribution < 1.29 is 9.53 Å². The Hall–Kier alpha value is -1.52. The number of hydrogen-bond acceptors (Lipinski definition) is 4. The fourth-order valence-corrected chi connectivity index (χ4v) is 2.30. The van der Waals surface area contributed by atoms with E-state index in [1.54, 1.807) is 13.1 Å². The average Bonchev–Trinajstić information content (AvgIpc) is 2.73. The van der Waals surface area contributed by atoms with E-state index in [0.717, 1.165) is 12.8 Å². The van der Waals surface area contributed by atoms with Gasteiger partial charge in [-0.1, -0.05) is 19.3 Å².